The molecule has 6 heteroatoms. The van der Waals surface area contributed by atoms with Crippen LogP contribution < -0.4 is 4.90 Å². The minimum atomic E-state index is -0.921. The number of hydrogen-bond donors (Lipinski definition) is 1. The lowest BCUT2D eigenvalue weighted by molar-refractivity contribution is -0.384. The number of anilines is 1. The van der Waals surface area contributed by atoms with E-state index >= 15 is 0 Å². The largest absolute Gasteiger partial charge is 0.480 e. The fourth-order valence-electron chi connectivity index (χ4n) is 2.35. The average Bonchev–Trinajstić information content (AvgIpc) is 2.73. The highest BCUT2D eigenvalue weighted by atomic mass is 16.6. The number of non-ortho nitro benzene ring substituents is 1. The van der Waals surface area contributed by atoms with E-state index in [0.717, 1.165) is 6.42 Å². The van der Waals surface area contributed by atoms with Crippen molar-refractivity contribution >= 4 is 17.3 Å². The van der Waals surface area contributed by atoms with E-state index in [4.69, 9.17) is 0 Å². The second kappa shape index (κ2) is 4.29. The van der Waals surface area contributed by atoms with E-state index in [1.54, 1.807) is 24.0 Å². The Balaban J connectivity index is 2.31. The maximum absolute atomic E-state index is 11.3. The molecule has 1 N–H and O–H groups in total. The lowest BCUT2D eigenvalue weighted by Gasteiger charge is -2.33. The molecule has 2 rings (SSSR count). The van der Waals surface area contributed by atoms with E-state index in [0.29, 0.717) is 18.7 Å². The second-order valence-electron chi connectivity index (χ2n) is 4.61. The van der Waals surface area contributed by atoms with E-state index in [2.05, 4.69) is 0 Å². The van der Waals surface area contributed by atoms with E-state index in [9.17, 15) is 20.0 Å². The van der Waals surface area contributed by atoms with Gasteiger partial charge in [-0.05, 0) is 31.9 Å². The molecule has 0 aromatic heterocycles. The van der Waals surface area contributed by atoms with Crippen molar-refractivity contribution in [1.29, 1.82) is 0 Å². The molecule has 96 valence electrons. The highest BCUT2D eigenvalue weighted by Crippen LogP contribution is 2.34. The third-order valence-electron chi connectivity index (χ3n) is 3.47. The molecule has 1 fully saturated rings. The van der Waals surface area contributed by atoms with Crippen molar-refractivity contribution in [3.8, 4) is 0 Å². The van der Waals surface area contributed by atoms with Crippen LogP contribution in [0.15, 0.2) is 24.3 Å². The predicted octanol–water partition coefficient (Wildman–Crippen LogP) is 2.04. The molecule has 1 atom stereocenters. The van der Waals surface area contributed by atoms with Crippen molar-refractivity contribution in [2.75, 3.05) is 11.4 Å². The Kier molecular flexibility index (Phi) is 2.94. The molecule has 0 bridgehead atoms. The van der Waals surface area contributed by atoms with Gasteiger partial charge in [0.15, 0.2) is 0 Å². The molecule has 1 aliphatic rings. The topological polar surface area (TPSA) is 83.7 Å². The van der Waals surface area contributed by atoms with Crippen molar-refractivity contribution in [1.82, 2.24) is 0 Å². The number of carbonyl (C=O) groups is 1. The Hall–Kier alpha value is -2.11. The number of aliphatic carboxylic acids is 1. The Morgan fingerprint density at radius 3 is 2.56 bits per heavy atom. The second-order valence-corrected chi connectivity index (χ2v) is 4.61. The van der Waals surface area contributed by atoms with Crippen molar-refractivity contribution in [2.45, 2.75) is 25.3 Å². The van der Waals surface area contributed by atoms with Crippen molar-refractivity contribution in [2.24, 2.45) is 0 Å². The van der Waals surface area contributed by atoms with Gasteiger partial charge in [0.2, 0.25) is 0 Å². The van der Waals surface area contributed by atoms with Crippen LogP contribution in [0.4, 0.5) is 11.4 Å². The van der Waals surface area contributed by atoms with Gasteiger partial charge in [-0.3, -0.25) is 10.1 Å². The Morgan fingerprint density at radius 2 is 2.06 bits per heavy atom. The zero-order chi connectivity index (χ0) is 13.3. The van der Waals surface area contributed by atoms with Crippen molar-refractivity contribution in [3.05, 3.63) is 34.4 Å². The number of nitro benzene ring substituents is 1. The smallest absolute Gasteiger partial charge is 0.329 e. The number of carboxylic acids is 1. The van der Waals surface area contributed by atoms with E-state index in [1.807, 2.05) is 0 Å². The van der Waals surface area contributed by atoms with Crippen molar-refractivity contribution in [3.63, 3.8) is 0 Å². The van der Waals surface area contributed by atoms with Crippen molar-refractivity contribution < 1.29 is 14.8 Å². The number of benzene rings is 1. The monoisotopic (exact) mass is 250 g/mol. The van der Waals surface area contributed by atoms with Crippen LogP contribution in [0.5, 0.6) is 0 Å². The van der Waals surface area contributed by atoms with Gasteiger partial charge in [-0.2, -0.15) is 0 Å². The molecule has 1 aromatic rings. The van der Waals surface area contributed by atoms with Crippen LogP contribution in [0.25, 0.3) is 0 Å². The normalized spacial score (nSPS) is 23.1. The number of rotatable bonds is 3. The maximum Gasteiger partial charge on any atom is 0.329 e. The molecule has 0 radical (unpaired) electrons. The van der Waals surface area contributed by atoms with Gasteiger partial charge >= 0.3 is 5.97 Å². The third-order valence-corrected chi connectivity index (χ3v) is 3.47. The Bertz CT molecular complexity index is 485. The number of nitro groups is 1. The zero-order valence-corrected chi connectivity index (χ0v) is 10.00. The van der Waals surface area contributed by atoms with Gasteiger partial charge in [-0.15, -0.1) is 0 Å². The fraction of sp³-hybridized carbons (Fsp3) is 0.417. The molecule has 6 nitrogen and oxygen atoms in total. The number of carboxylic acid groups (broad SMARTS) is 1. The number of hydrogen-bond acceptors (Lipinski definition) is 4. The summed E-state index contributed by atoms with van der Waals surface area (Å²) in [5.41, 5.74) is -0.200. The van der Waals surface area contributed by atoms with Crippen LogP contribution in [0.3, 0.4) is 0 Å². The molecular weight excluding hydrogens is 236 g/mol. The first kappa shape index (κ1) is 12.3. The van der Waals surface area contributed by atoms with E-state index < -0.39 is 16.4 Å². The fourth-order valence-corrected chi connectivity index (χ4v) is 2.35. The summed E-state index contributed by atoms with van der Waals surface area (Å²) in [4.78, 5) is 23.2. The van der Waals surface area contributed by atoms with Gasteiger partial charge in [0.05, 0.1) is 4.92 Å². The molecule has 0 spiro atoms. The average molecular weight is 250 g/mol. The van der Waals surface area contributed by atoms with Gasteiger partial charge in [0.25, 0.3) is 5.69 Å². The molecule has 18 heavy (non-hydrogen) atoms. The van der Waals surface area contributed by atoms with Crippen LogP contribution in [0.1, 0.15) is 19.8 Å². The molecule has 1 aliphatic heterocycles. The standard InChI is InChI=1S/C12H14N2O4/c1-12(11(15)16)7-2-8-13(12)9-3-5-10(6-4-9)14(17)18/h3-6H,2,7-8H2,1H3,(H,15,16)/t12-/m1/s1. The van der Waals surface area contributed by atoms with Gasteiger partial charge in [-0.1, -0.05) is 0 Å². The molecule has 1 heterocycles. The first-order valence-corrected chi connectivity index (χ1v) is 5.70. The quantitative estimate of drug-likeness (QED) is 0.655. The molecule has 0 unspecified atom stereocenters. The summed E-state index contributed by atoms with van der Waals surface area (Å²) in [6, 6.07) is 6.00. The Labute approximate surface area is 104 Å². The first-order chi connectivity index (χ1) is 8.45. The van der Waals surface area contributed by atoms with Gasteiger partial charge in [0, 0.05) is 24.4 Å². The van der Waals surface area contributed by atoms with Crippen LogP contribution in [-0.4, -0.2) is 28.1 Å². The minimum Gasteiger partial charge on any atom is -0.480 e. The third kappa shape index (κ3) is 1.90. The highest BCUT2D eigenvalue weighted by Gasteiger charge is 2.43. The van der Waals surface area contributed by atoms with Crippen LogP contribution in [0, 0.1) is 10.1 Å². The predicted molar refractivity (Wildman–Crippen MR) is 65.7 cm³/mol. The summed E-state index contributed by atoms with van der Waals surface area (Å²) in [6.45, 7) is 2.34. The van der Waals surface area contributed by atoms with Crippen LogP contribution in [0.2, 0.25) is 0 Å². The molecular formula is C12H14N2O4. The summed E-state index contributed by atoms with van der Waals surface area (Å²) in [5, 5.41) is 19.9. The summed E-state index contributed by atoms with van der Waals surface area (Å²) in [5.74, 6) is -0.863. The van der Waals surface area contributed by atoms with Crippen LogP contribution >= 0.6 is 0 Å². The van der Waals surface area contributed by atoms with Gasteiger partial charge in [0.1, 0.15) is 5.54 Å². The SMILES string of the molecule is C[C@]1(C(=O)O)CCCN1c1ccc([N+](=O)[O-])cc1. The summed E-state index contributed by atoms with van der Waals surface area (Å²) in [7, 11) is 0. The minimum absolute atomic E-state index is 0.00924. The molecule has 1 aromatic carbocycles. The van der Waals surface area contributed by atoms with E-state index in [-0.39, 0.29) is 5.69 Å². The molecule has 1 saturated heterocycles. The number of nitrogens with zero attached hydrogens (tertiary/aromatic N) is 2. The van der Waals surface area contributed by atoms with E-state index in [1.165, 1.54) is 12.1 Å². The summed E-state index contributed by atoms with van der Waals surface area (Å²) in [6.07, 6.45) is 1.39. The molecule has 0 saturated carbocycles. The zero-order valence-electron chi connectivity index (χ0n) is 10.00. The first-order valence-electron chi connectivity index (χ1n) is 5.70. The van der Waals surface area contributed by atoms with Gasteiger partial charge < -0.3 is 10.0 Å². The Morgan fingerprint density at radius 1 is 1.44 bits per heavy atom. The maximum atomic E-state index is 11.3. The lowest BCUT2D eigenvalue weighted by atomic mass is 9.99. The molecule has 0 aliphatic carbocycles. The van der Waals surface area contributed by atoms with Gasteiger partial charge in [-0.25, -0.2) is 4.79 Å². The lowest BCUT2D eigenvalue weighted by Crippen LogP contribution is -2.48. The molecule has 0 amide bonds. The summed E-state index contributed by atoms with van der Waals surface area (Å²) < 4.78 is 0. The highest BCUT2D eigenvalue weighted by molar-refractivity contribution is 5.84. The summed E-state index contributed by atoms with van der Waals surface area (Å²) >= 11 is 0. The van der Waals surface area contributed by atoms with Crippen LogP contribution in [-0.2, 0) is 4.79 Å².